The minimum Gasteiger partial charge on any atom is -0.468 e. The van der Waals surface area contributed by atoms with E-state index in [1.54, 1.807) is 30.3 Å². The topological polar surface area (TPSA) is 140 Å². The molecular formula is C24H29N3O7. The summed E-state index contributed by atoms with van der Waals surface area (Å²) in [4.78, 5) is 62.7. The number of nitrogen functional groups attached to an aromatic ring is 1. The van der Waals surface area contributed by atoms with Crippen LogP contribution in [0.5, 0.6) is 0 Å². The van der Waals surface area contributed by atoms with Crippen molar-refractivity contribution >= 4 is 23.5 Å². The second-order valence-electron chi connectivity index (χ2n) is 8.36. The molecule has 0 bridgehead atoms. The number of ether oxygens (including phenoxy) is 2. The number of aromatic nitrogens is 2. The van der Waals surface area contributed by atoms with E-state index in [4.69, 9.17) is 10.5 Å². The van der Waals surface area contributed by atoms with E-state index in [0.717, 1.165) is 37.4 Å². The molecule has 0 unspecified atom stereocenters. The fourth-order valence-electron chi connectivity index (χ4n) is 4.14. The maximum atomic E-state index is 13.0. The molecule has 1 aromatic carbocycles. The van der Waals surface area contributed by atoms with Gasteiger partial charge >= 0.3 is 17.6 Å². The van der Waals surface area contributed by atoms with E-state index < -0.39 is 47.7 Å². The number of nitrogens with zero attached hydrogens (tertiary/aromatic N) is 2. The summed E-state index contributed by atoms with van der Waals surface area (Å²) in [6.45, 7) is -1.41. The third-order valence-corrected chi connectivity index (χ3v) is 6.04. The Morgan fingerprint density at radius 2 is 1.71 bits per heavy atom. The first-order valence-corrected chi connectivity index (χ1v) is 11.2. The van der Waals surface area contributed by atoms with Crippen molar-refractivity contribution in [1.29, 1.82) is 0 Å². The quantitative estimate of drug-likeness (QED) is 0.406. The molecule has 0 saturated heterocycles. The van der Waals surface area contributed by atoms with Gasteiger partial charge in [-0.15, -0.1) is 0 Å². The first-order valence-electron chi connectivity index (χ1n) is 11.2. The molecule has 182 valence electrons. The summed E-state index contributed by atoms with van der Waals surface area (Å²) in [7, 11) is 1.12. The molecule has 0 amide bonds. The third kappa shape index (κ3) is 6.00. The lowest BCUT2D eigenvalue weighted by Gasteiger charge is -2.16. The van der Waals surface area contributed by atoms with Gasteiger partial charge in [-0.05, 0) is 17.9 Å². The number of anilines is 1. The van der Waals surface area contributed by atoms with Crippen LogP contribution >= 0.6 is 0 Å². The van der Waals surface area contributed by atoms with Crippen LogP contribution in [0.3, 0.4) is 0 Å². The molecule has 1 aliphatic carbocycles. The molecular weight excluding hydrogens is 442 g/mol. The van der Waals surface area contributed by atoms with Crippen molar-refractivity contribution in [3.8, 4) is 0 Å². The standard InChI is InChI=1S/C24H29N3O7/c1-33-20(30)14-27-23(31)21(18(28)15-34-19(29)12-11-16-7-5-6-8-16)22(25)26(24(27)32)13-17-9-3-2-4-10-17/h2-4,9-10,16H,5-8,11-15,25H2,1H3. The zero-order chi connectivity index (χ0) is 24.7. The van der Waals surface area contributed by atoms with Crippen LogP contribution in [0.1, 0.15) is 54.4 Å². The van der Waals surface area contributed by atoms with E-state index in [-0.39, 0.29) is 18.8 Å². The van der Waals surface area contributed by atoms with Crippen molar-refractivity contribution in [2.24, 2.45) is 5.92 Å². The Labute approximate surface area is 196 Å². The van der Waals surface area contributed by atoms with E-state index in [9.17, 15) is 24.0 Å². The second-order valence-corrected chi connectivity index (χ2v) is 8.36. The summed E-state index contributed by atoms with van der Waals surface area (Å²) in [5, 5.41) is 0. The van der Waals surface area contributed by atoms with E-state index in [1.165, 1.54) is 0 Å². The van der Waals surface area contributed by atoms with Crippen LogP contribution in [0.4, 0.5) is 5.82 Å². The number of carbonyl (C=O) groups is 3. The van der Waals surface area contributed by atoms with Gasteiger partial charge in [0.1, 0.15) is 17.9 Å². The maximum absolute atomic E-state index is 13.0. The van der Waals surface area contributed by atoms with Crippen LogP contribution in [0.15, 0.2) is 39.9 Å². The molecule has 10 nitrogen and oxygen atoms in total. The highest BCUT2D eigenvalue weighted by atomic mass is 16.5. The molecule has 34 heavy (non-hydrogen) atoms. The third-order valence-electron chi connectivity index (χ3n) is 6.04. The van der Waals surface area contributed by atoms with E-state index in [1.807, 2.05) is 0 Å². The number of rotatable bonds is 10. The Morgan fingerprint density at radius 3 is 2.35 bits per heavy atom. The molecule has 0 radical (unpaired) electrons. The van der Waals surface area contributed by atoms with Gasteiger partial charge in [0.2, 0.25) is 5.78 Å². The van der Waals surface area contributed by atoms with Gasteiger partial charge in [0, 0.05) is 6.42 Å². The van der Waals surface area contributed by atoms with Gasteiger partial charge in [0.05, 0.1) is 13.7 Å². The van der Waals surface area contributed by atoms with E-state index in [2.05, 4.69) is 4.74 Å². The molecule has 0 spiro atoms. The lowest BCUT2D eigenvalue weighted by atomic mass is 10.0. The average Bonchev–Trinajstić information content (AvgIpc) is 3.36. The Balaban J connectivity index is 1.85. The monoisotopic (exact) mass is 471 g/mol. The summed E-state index contributed by atoms with van der Waals surface area (Å²) in [5.41, 5.74) is 4.37. The molecule has 0 aliphatic heterocycles. The molecule has 1 aliphatic rings. The highest BCUT2D eigenvalue weighted by Crippen LogP contribution is 2.28. The molecule has 0 atom stereocenters. The number of hydrogen-bond acceptors (Lipinski definition) is 8. The van der Waals surface area contributed by atoms with Crippen molar-refractivity contribution in [2.45, 2.75) is 51.6 Å². The van der Waals surface area contributed by atoms with Crippen molar-refractivity contribution in [1.82, 2.24) is 9.13 Å². The van der Waals surface area contributed by atoms with Gasteiger partial charge in [0.15, 0.2) is 6.61 Å². The predicted molar refractivity (Wildman–Crippen MR) is 123 cm³/mol. The predicted octanol–water partition coefficient (Wildman–Crippen LogP) is 1.51. The maximum Gasteiger partial charge on any atom is 0.333 e. The van der Waals surface area contributed by atoms with Crippen molar-refractivity contribution in [3.05, 3.63) is 62.3 Å². The minimum atomic E-state index is -1.04. The zero-order valence-electron chi connectivity index (χ0n) is 19.2. The largest absolute Gasteiger partial charge is 0.468 e. The van der Waals surface area contributed by atoms with Crippen LogP contribution in [-0.4, -0.2) is 40.6 Å². The van der Waals surface area contributed by atoms with Crippen LogP contribution in [0.25, 0.3) is 0 Å². The first-order chi connectivity index (χ1) is 16.3. The van der Waals surface area contributed by atoms with Gasteiger partial charge in [0.25, 0.3) is 5.56 Å². The number of carbonyl (C=O) groups excluding carboxylic acids is 3. The molecule has 2 aromatic rings. The fraction of sp³-hybridized carbons (Fsp3) is 0.458. The highest BCUT2D eigenvalue weighted by molar-refractivity contribution is 6.01. The van der Waals surface area contributed by atoms with Crippen LogP contribution < -0.4 is 17.0 Å². The number of ketones is 1. The summed E-state index contributed by atoms with van der Waals surface area (Å²) in [5.74, 6) is -2.09. The number of esters is 2. The molecule has 2 N–H and O–H groups in total. The van der Waals surface area contributed by atoms with Gasteiger partial charge in [-0.25, -0.2) is 9.36 Å². The zero-order valence-corrected chi connectivity index (χ0v) is 19.2. The summed E-state index contributed by atoms with van der Waals surface area (Å²) in [6, 6.07) is 8.81. The molecule has 1 fully saturated rings. The SMILES string of the molecule is COC(=O)Cn1c(=O)c(C(=O)COC(=O)CCC2CCCC2)c(N)n(Cc2ccccc2)c1=O. The smallest absolute Gasteiger partial charge is 0.333 e. The van der Waals surface area contributed by atoms with Crippen molar-refractivity contribution in [2.75, 3.05) is 19.5 Å². The molecule has 1 aromatic heterocycles. The Morgan fingerprint density at radius 1 is 1.03 bits per heavy atom. The van der Waals surface area contributed by atoms with Crippen LogP contribution in [-0.2, 0) is 32.2 Å². The highest BCUT2D eigenvalue weighted by Gasteiger charge is 2.25. The molecule has 10 heteroatoms. The van der Waals surface area contributed by atoms with Gasteiger partial charge in [-0.2, -0.15) is 0 Å². The normalized spacial score (nSPS) is 13.6. The Kier molecular flexibility index (Phi) is 8.39. The lowest BCUT2D eigenvalue weighted by molar-refractivity contribution is -0.143. The molecule has 1 saturated carbocycles. The Bertz CT molecular complexity index is 1160. The van der Waals surface area contributed by atoms with Crippen LogP contribution in [0, 0.1) is 5.92 Å². The fourth-order valence-corrected chi connectivity index (χ4v) is 4.14. The minimum absolute atomic E-state index is 0.0333. The number of Topliss-reactive ketones (excluding diaryl/α,β-unsaturated/α-hetero) is 1. The van der Waals surface area contributed by atoms with E-state index in [0.29, 0.717) is 22.5 Å². The summed E-state index contributed by atoms with van der Waals surface area (Å²) >= 11 is 0. The van der Waals surface area contributed by atoms with Crippen LogP contribution in [0.2, 0.25) is 0 Å². The number of benzene rings is 1. The summed E-state index contributed by atoms with van der Waals surface area (Å²) in [6.07, 6.45) is 5.38. The summed E-state index contributed by atoms with van der Waals surface area (Å²) < 4.78 is 11.3. The van der Waals surface area contributed by atoms with Crippen molar-refractivity contribution < 1.29 is 23.9 Å². The Hall–Kier alpha value is -3.69. The van der Waals surface area contributed by atoms with E-state index >= 15 is 0 Å². The van der Waals surface area contributed by atoms with Gasteiger partial charge in [-0.3, -0.25) is 23.7 Å². The number of methoxy groups -OCH3 is 1. The number of hydrogen-bond donors (Lipinski definition) is 1. The van der Waals surface area contributed by atoms with Crippen molar-refractivity contribution in [3.63, 3.8) is 0 Å². The van der Waals surface area contributed by atoms with Gasteiger partial charge in [-0.1, -0.05) is 56.0 Å². The van der Waals surface area contributed by atoms with Gasteiger partial charge < -0.3 is 15.2 Å². The lowest BCUT2D eigenvalue weighted by Crippen LogP contribution is -2.46. The second kappa shape index (κ2) is 11.4. The number of nitrogens with two attached hydrogens (primary N) is 1. The average molecular weight is 472 g/mol. The molecule has 3 rings (SSSR count). The molecule has 1 heterocycles. The first kappa shape index (κ1) is 24.9.